The average molecular weight is 584 g/mol. The molecule has 1 unspecified atom stereocenters. The summed E-state index contributed by atoms with van der Waals surface area (Å²) in [7, 11) is 0. The van der Waals surface area contributed by atoms with Crippen molar-refractivity contribution in [1.29, 1.82) is 0 Å². The lowest BCUT2D eigenvalue weighted by molar-refractivity contribution is 0.0735. The maximum absolute atomic E-state index is 12.8. The van der Waals surface area contributed by atoms with Crippen LogP contribution in [0.15, 0.2) is 120 Å². The molecule has 4 nitrogen and oxygen atoms in total. The molecule has 0 spiro atoms. The fraction of sp³-hybridized carbons (Fsp3) is 0.250. The first-order valence-electron chi connectivity index (χ1n) is 15.8. The van der Waals surface area contributed by atoms with Gasteiger partial charge in [0, 0.05) is 6.21 Å². The molecule has 1 atom stereocenters. The largest absolute Gasteiger partial charge is 0.494 e. The average Bonchev–Trinajstić information content (AvgIpc) is 3.07. The van der Waals surface area contributed by atoms with E-state index in [-0.39, 0.29) is 12.0 Å². The zero-order valence-electron chi connectivity index (χ0n) is 25.7. The van der Waals surface area contributed by atoms with Crippen molar-refractivity contribution in [2.24, 2.45) is 4.99 Å². The van der Waals surface area contributed by atoms with Gasteiger partial charge in [0.15, 0.2) is 0 Å². The summed E-state index contributed by atoms with van der Waals surface area (Å²) in [5.41, 5.74) is 4.75. The number of fused-ring (bicyclic) bond motifs is 1. The lowest BCUT2D eigenvalue weighted by atomic mass is 10.00. The molecule has 0 aliphatic carbocycles. The van der Waals surface area contributed by atoms with E-state index in [9.17, 15) is 4.79 Å². The molecule has 5 aromatic rings. The van der Waals surface area contributed by atoms with E-state index in [0.29, 0.717) is 11.3 Å². The summed E-state index contributed by atoms with van der Waals surface area (Å²) in [5.74, 6) is 0.995. The number of aliphatic imine (C=N–C) groups is 1. The first-order chi connectivity index (χ1) is 21.6. The van der Waals surface area contributed by atoms with Gasteiger partial charge in [-0.25, -0.2) is 4.79 Å². The van der Waals surface area contributed by atoms with Gasteiger partial charge in [-0.15, -0.1) is 0 Å². The summed E-state index contributed by atoms with van der Waals surface area (Å²) in [6.07, 6.45) is 9.38. The van der Waals surface area contributed by atoms with Gasteiger partial charge in [0.25, 0.3) is 0 Å². The second-order valence-electron chi connectivity index (χ2n) is 11.2. The maximum atomic E-state index is 12.8. The van der Waals surface area contributed by atoms with Gasteiger partial charge < -0.3 is 9.47 Å². The second kappa shape index (κ2) is 15.7. The van der Waals surface area contributed by atoms with Gasteiger partial charge in [0.2, 0.25) is 0 Å². The van der Waals surface area contributed by atoms with E-state index in [1.807, 2.05) is 42.6 Å². The predicted octanol–water partition coefficient (Wildman–Crippen LogP) is 10.6. The van der Waals surface area contributed by atoms with Gasteiger partial charge in [-0.2, -0.15) is 0 Å². The molecular weight excluding hydrogens is 542 g/mol. The molecule has 0 fully saturated rings. The summed E-state index contributed by atoms with van der Waals surface area (Å²) in [6, 6.07) is 37.7. The van der Waals surface area contributed by atoms with Crippen LogP contribution in [-0.2, 0) is 0 Å². The highest BCUT2D eigenvalue weighted by Crippen LogP contribution is 2.27. The molecule has 0 N–H and O–H groups in total. The smallest absolute Gasteiger partial charge is 0.343 e. The van der Waals surface area contributed by atoms with Crippen LogP contribution in [0.25, 0.3) is 21.9 Å². The number of unbranched alkanes of at least 4 members (excludes halogenated alkanes) is 5. The Hall–Kier alpha value is -4.70. The summed E-state index contributed by atoms with van der Waals surface area (Å²) in [5, 5.41) is 2.43. The second-order valence-corrected chi connectivity index (χ2v) is 11.2. The number of rotatable bonds is 14. The van der Waals surface area contributed by atoms with Crippen molar-refractivity contribution in [2.45, 2.75) is 58.4 Å². The van der Waals surface area contributed by atoms with Crippen molar-refractivity contribution in [3.63, 3.8) is 0 Å². The van der Waals surface area contributed by atoms with E-state index in [1.54, 1.807) is 24.3 Å². The third kappa shape index (κ3) is 8.44. The van der Waals surface area contributed by atoms with Crippen LogP contribution in [0.4, 0.5) is 0 Å². The lowest BCUT2D eigenvalue weighted by Gasteiger charge is -2.10. The molecule has 5 aromatic carbocycles. The minimum absolute atomic E-state index is 0.0164. The highest BCUT2D eigenvalue weighted by Gasteiger charge is 2.10. The number of carbonyl (C=O) groups excluding carboxylic acids is 1. The Bertz CT molecular complexity index is 1650. The van der Waals surface area contributed by atoms with Gasteiger partial charge in [-0.05, 0) is 94.9 Å². The fourth-order valence-electron chi connectivity index (χ4n) is 5.30. The van der Waals surface area contributed by atoms with Crippen molar-refractivity contribution < 1.29 is 14.3 Å². The van der Waals surface area contributed by atoms with Crippen LogP contribution in [0.5, 0.6) is 11.5 Å². The first-order valence-corrected chi connectivity index (χ1v) is 15.8. The van der Waals surface area contributed by atoms with Crippen molar-refractivity contribution in [3.8, 4) is 22.6 Å². The molecule has 0 aliphatic heterocycles. The predicted molar refractivity (Wildman–Crippen MR) is 182 cm³/mol. The number of esters is 1. The Labute approximate surface area is 261 Å². The van der Waals surface area contributed by atoms with Crippen molar-refractivity contribution >= 4 is 23.0 Å². The van der Waals surface area contributed by atoms with Crippen molar-refractivity contribution in [2.75, 3.05) is 6.61 Å². The molecule has 0 aliphatic rings. The quantitative estimate of drug-likeness (QED) is 0.0565. The summed E-state index contributed by atoms with van der Waals surface area (Å²) >= 11 is 0. The maximum Gasteiger partial charge on any atom is 0.343 e. The number of hydrogen-bond donors (Lipinski definition) is 0. The van der Waals surface area contributed by atoms with Crippen LogP contribution >= 0.6 is 0 Å². The monoisotopic (exact) mass is 583 g/mol. The fourth-order valence-corrected chi connectivity index (χ4v) is 5.30. The van der Waals surface area contributed by atoms with Crippen LogP contribution in [0.1, 0.15) is 79.9 Å². The minimum Gasteiger partial charge on any atom is -0.494 e. The number of ether oxygens (including phenoxy) is 2. The molecule has 0 amide bonds. The molecular formula is C40H41NO3. The summed E-state index contributed by atoms with van der Waals surface area (Å²) < 4.78 is 11.5. The van der Waals surface area contributed by atoms with Crippen LogP contribution in [0, 0.1) is 0 Å². The Morgan fingerprint density at radius 1 is 0.705 bits per heavy atom. The number of carbonyl (C=O) groups is 1. The lowest BCUT2D eigenvalue weighted by Crippen LogP contribution is -2.08. The topological polar surface area (TPSA) is 47.9 Å². The van der Waals surface area contributed by atoms with Crippen LogP contribution in [-0.4, -0.2) is 18.8 Å². The molecule has 4 heteroatoms. The van der Waals surface area contributed by atoms with Gasteiger partial charge in [0.05, 0.1) is 18.2 Å². The molecule has 5 rings (SSSR count). The molecule has 0 radical (unpaired) electrons. The molecule has 0 heterocycles. The molecule has 0 saturated heterocycles. The van der Waals surface area contributed by atoms with E-state index < -0.39 is 0 Å². The zero-order valence-corrected chi connectivity index (χ0v) is 25.7. The summed E-state index contributed by atoms with van der Waals surface area (Å²) in [4.78, 5) is 17.6. The van der Waals surface area contributed by atoms with Crippen LogP contribution < -0.4 is 9.47 Å². The standard InChI is InChI=1S/C40H41NO3/c1-3-4-5-6-7-10-28-43-36-26-22-33(23-27-36)32-18-20-35(21-19-32)40(42)44-37-24-16-31(17-25-37)29-41-30(2)38-15-11-13-34-12-8-9-14-39(34)38/h8-9,11-27,29-30H,3-7,10,28H2,1-2H3. The van der Waals surface area contributed by atoms with Gasteiger partial charge in [0.1, 0.15) is 11.5 Å². The highest BCUT2D eigenvalue weighted by molar-refractivity contribution is 5.92. The van der Waals surface area contributed by atoms with E-state index in [2.05, 4.69) is 68.4 Å². The Morgan fingerprint density at radius 3 is 2.09 bits per heavy atom. The summed E-state index contributed by atoms with van der Waals surface area (Å²) in [6.45, 7) is 5.09. The van der Waals surface area contributed by atoms with Crippen LogP contribution in [0.2, 0.25) is 0 Å². The van der Waals surface area contributed by atoms with E-state index >= 15 is 0 Å². The Balaban J connectivity index is 1.11. The Morgan fingerprint density at radius 2 is 1.34 bits per heavy atom. The van der Waals surface area contributed by atoms with Crippen molar-refractivity contribution in [3.05, 3.63) is 132 Å². The number of nitrogens with zero attached hydrogens (tertiary/aromatic N) is 1. The first kappa shape index (κ1) is 30.7. The minimum atomic E-state index is -0.388. The molecule has 224 valence electrons. The molecule has 0 saturated carbocycles. The van der Waals surface area contributed by atoms with Crippen molar-refractivity contribution in [1.82, 2.24) is 0 Å². The van der Waals surface area contributed by atoms with E-state index in [4.69, 9.17) is 14.5 Å². The van der Waals surface area contributed by atoms with Gasteiger partial charge in [-0.3, -0.25) is 4.99 Å². The number of benzene rings is 5. The molecule has 0 aromatic heterocycles. The van der Waals surface area contributed by atoms with E-state index in [0.717, 1.165) is 35.5 Å². The highest BCUT2D eigenvalue weighted by atomic mass is 16.5. The van der Waals surface area contributed by atoms with Gasteiger partial charge in [-0.1, -0.05) is 106 Å². The SMILES string of the molecule is CCCCCCCCOc1ccc(-c2ccc(C(=O)Oc3ccc(C=NC(C)c4cccc5ccccc45)cc3)cc2)cc1. The third-order valence-electron chi connectivity index (χ3n) is 7.89. The molecule has 44 heavy (non-hydrogen) atoms. The molecule has 0 bridgehead atoms. The Kier molecular flexibility index (Phi) is 11.0. The zero-order chi connectivity index (χ0) is 30.6. The number of hydrogen-bond acceptors (Lipinski definition) is 4. The van der Waals surface area contributed by atoms with E-state index in [1.165, 1.54) is 48.4 Å². The third-order valence-corrected chi connectivity index (χ3v) is 7.89. The van der Waals surface area contributed by atoms with Crippen LogP contribution in [0.3, 0.4) is 0 Å². The van der Waals surface area contributed by atoms with Gasteiger partial charge >= 0.3 is 5.97 Å². The normalized spacial score (nSPS) is 12.0.